The summed E-state index contributed by atoms with van der Waals surface area (Å²) >= 11 is 0. The Labute approximate surface area is 115 Å². The van der Waals surface area contributed by atoms with Gasteiger partial charge in [-0.25, -0.2) is 4.98 Å². The minimum atomic E-state index is -0.498. The average molecular weight is 274 g/mol. The lowest BCUT2D eigenvalue weighted by molar-refractivity contribution is -0.147. The van der Waals surface area contributed by atoms with Gasteiger partial charge in [0.2, 0.25) is 11.8 Å². The first-order valence-corrected chi connectivity index (χ1v) is 6.43. The van der Waals surface area contributed by atoms with Gasteiger partial charge in [0.25, 0.3) is 5.91 Å². The molecule has 2 N–H and O–H groups in total. The molecule has 7 heteroatoms. The summed E-state index contributed by atoms with van der Waals surface area (Å²) < 4.78 is 0. The SMILES string of the molecule is CC(=O)N1CC(=O)N/C(=C\c2nc[nH]c2C2CC2)C1=O. The molecule has 7 nitrogen and oxygen atoms in total. The number of amides is 3. The van der Waals surface area contributed by atoms with Crippen molar-refractivity contribution in [1.29, 1.82) is 0 Å². The number of nitrogens with zero attached hydrogens (tertiary/aromatic N) is 2. The van der Waals surface area contributed by atoms with Gasteiger partial charge in [-0.15, -0.1) is 0 Å². The second kappa shape index (κ2) is 4.59. The third-order valence-corrected chi connectivity index (χ3v) is 3.40. The van der Waals surface area contributed by atoms with Crippen LogP contribution in [0.1, 0.15) is 37.1 Å². The van der Waals surface area contributed by atoms with E-state index in [0.29, 0.717) is 11.6 Å². The molecule has 1 aromatic heterocycles. The highest BCUT2D eigenvalue weighted by Gasteiger charge is 2.32. The third kappa shape index (κ3) is 2.22. The molecule has 0 aromatic carbocycles. The van der Waals surface area contributed by atoms with Crippen molar-refractivity contribution in [3.8, 4) is 0 Å². The highest BCUT2D eigenvalue weighted by Crippen LogP contribution is 2.40. The molecule has 0 atom stereocenters. The van der Waals surface area contributed by atoms with Crippen molar-refractivity contribution in [2.24, 2.45) is 0 Å². The Kier molecular flexibility index (Phi) is 2.89. The van der Waals surface area contributed by atoms with Crippen molar-refractivity contribution < 1.29 is 14.4 Å². The summed E-state index contributed by atoms with van der Waals surface area (Å²) in [7, 11) is 0. The summed E-state index contributed by atoms with van der Waals surface area (Å²) in [5.41, 5.74) is 1.70. The Morgan fingerprint density at radius 2 is 2.20 bits per heavy atom. The van der Waals surface area contributed by atoms with Crippen LogP contribution >= 0.6 is 0 Å². The summed E-state index contributed by atoms with van der Waals surface area (Å²) in [5, 5.41) is 2.50. The smallest absolute Gasteiger partial charge is 0.277 e. The van der Waals surface area contributed by atoms with Crippen LogP contribution in [0.2, 0.25) is 0 Å². The van der Waals surface area contributed by atoms with E-state index in [1.807, 2.05) is 0 Å². The Hall–Kier alpha value is -2.44. The molecule has 1 saturated carbocycles. The molecule has 2 aliphatic rings. The van der Waals surface area contributed by atoms with E-state index >= 15 is 0 Å². The van der Waals surface area contributed by atoms with Gasteiger partial charge < -0.3 is 10.3 Å². The predicted octanol–water partition coefficient (Wildman–Crippen LogP) is 0.133. The Morgan fingerprint density at radius 3 is 2.85 bits per heavy atom. The zero-order valence-electron chi connectivity index (χ0n) is 11.0. The first kappa shape index (κ1) is 12.6. The predicted molar refractivity (Wildman–Crippen MR) is 69.1 cm³/mol. The molecule has 20 heavy (non-hydrogen) atoms. The van der Waals surface area contributed by atoms with Crippen molar-refractivity contribution in [3.05, 3.63) is 23.4 Å². The van der Waals surface area contributed by atoms with Crippen LogP contribution in [-0.4, -0.2) is 39.1 Å². The van der Waals surface area contributed by atoms with Crippen molar-refractivity contribution in [3.63, 3.8) is 0 Å². The normalized spacial score (nSPS) is 21.2. The Balaban J connectivity index is 1.92. The fourth-order valence-electron chi connectivity index (χ4n) is 2.22. The van der Waals surface area contributed by atoms with Crippen LogP contribution in [-0.2, 0) is 14.4 Å². The van der Waals surface area contributed by atoms with Gasteiger partial charge in [0.05, 0.1) is 12.0 Å². The second-order valence-electron chi connectivity index (χ2n) is 4.99. The van der Waals surface area contributed by atoms with Crippen molar-refractivity contribution in [1.82, 2.24) is 20.2 Å². The van der Waals surface area contributed by atoms with Crippen LogP contribution in [0.3, 0.4) is 0 Å². The number of imidazole rings is 1. The maximum absolute atomic E-state index is 12.1. The van der Waals surface area contributed by atoms with E-state index in [1.165, 1.54) is 13.0 Å². The van der Waals surface area contributed by atoms with Gasteiger partial charge in [0.15, 0.2) is 0 Å². The number of hydrogen-bond donors (Lipinski definition) is 2. The van der Waals surface area contributed by atoms with Crippen molar-refractivity contribution in [2.75, 3.05) is 6.54 Å². The van der Waals surface area contributed by atoms with Gasteiger partial charge in [-0.1, -0.05) is 0 Å². The number of aromatic amines is 1. The monoisotopic (exact) mass is 274 g/mol. The molecule has 104 valence electrons. The van der Waals surface area contributed by atoms with E-state index in [-0.39, 0.29) is 18.1 Å². The third-order valence-electron chi connectivity index (χ3n) is 3.40. The summed E-state index contributed by atoms with van der Waals surface area (Å²) in [4.78, 5) is 43.2. The van der Waals surface area contributed by atoms with Gasteiger partial charge in [-0.2, -0.15) is 0 Å². The zero-order chi connectivity index (χ0) is 14.3. The van der Waals surface area contributed by atoms with Crippen LogP contribution in [0.5, 0.6) is 0 Å². The Morgan fingerprint density at radius 1 is 1.45 bits per heavy atom. The summed E-state index contributed by atoms with van der Waals surface area (Å²) in [6.45, 7) is 1.03. The molecule has 3 amide bonds. The first-order valence-electron chi connectivity index (χ1n) is 6.43. The average Bonchev–Trinajstić information content (AvgIpc) is 3.14. The Bertz CT molecular complexity index is 627. The van der Waals surface area contributed by atoms with E-state index in [0.717, 1.165) is 23.4 Å². The minimum Gasteiger partial charge on any atom is -0.348 e. The van der Waals surface area contributed by atoms with Crippen LogP contribution in [0.4, 0.5) is 0 Å². The fraction of sp³-hybridized carbons (Fsp3) is 0.385. The molecule has 1 saturated heterocycles. The number of H-pyrrole nitrogens is 1. The molecule has 1 aliphatic carbocycles. The molecule has 2 fully saturated rings. The van der Waals surface area contributed by atoms with E-state index in [2.05, 4.69) is 15.3 Å². The van der Waals surface area contributed by atoms with Crippen LogP contribution in [0.15, 0.2) is 12.0 Å². The van der Waals surface area contributed by atoms with Crippen LogP contribution in [0, 0.1) is 0 Å². The molecule has 0 bridgehead atoms. The van der Waals surface area contributed by atoms with Crippen LogP contribution < -0.4 is 5.32 Å². The molecule has 0 radical (unpaired) electrons. The lowest BCUT2D eigenvalue weighted by atomic mass is 10.1. The second-order valence-corrected chi connectivity index (χ2v) is 4.99. The van der Waals surface area contributed by atoms with E-state index < -0.39 is 11.8 Å². The van der Waals surface area contributed by atoms with Crippen molar-refractivity contribution in [2.45, 2.75) is 25.7 Å². The number of aromatic nitrogens is 2. The molecule has 3 rings (SSSR count). The number of piperazine rings is 1. The molecular weight excluding hydrogens is 260 g/mol. The highest BCUT2D eigenvalue weighted by atomic mass is 16.2. The molecule has 0 unspecified atom stereocenters. The number of rotatable bonds is 2. The van der Waals surface area contributed by atoms with E-state index in [1.54, 1.807) is 6.33 Å². The molecule has 1 aromatic rings. The van der Waals surface area contributed by atoms with Gasteiger partial charge >= 0.3 is 0 Å². The van der Waals surface area contributed by atoms with E-state index in [9.17, 15) is 14.4 Å². The van der Waals surface area contributed by atoms with Gasteiger partial charge in [-0.05, 0) is 18.9 Å². The maximum atomic E-state index is 12.1. The number of carbonyl (C=O) groups is 3. The largest absolute Gasteiger partial charge is 0.348 e. The number of hydrogen-bond acceptors (Lipinski definition) is 4. The van der Waals surface area contributed by atoms with Gasteiger partial charge in [-0.3, -0.25) is 19.3 Å². The van der Waals surface area contributed by atoms with E-state index in [4.69, 9.17) is 0 Å². The lowest BCUT2D eigenvalue weighted by Crippen LogP contribution is -2.51. The number of carbonyl (C=O) groups excluding carboxylic acids is 3. The maximum Gasteiger partial charge on any atom is 0.277 e. The number of nitrogens with one attached hydrogen (secondary N) is 2. The van der Waals surface area contributed by atoms with Crippen LogP contribution in [0.25, 0.3) is 6.08 Å². The lowest BCUT2D eigenvalue weighted by Gasteiger charge is -2.25. The molecular formula is C13H14N4O3. The first-order chi connectivity index (χ1) is 9.56. The summed E-state index contributed by atoms with van der Waals surface area (Å²) in [6, 6.07) is 0. The summed E-state index contributed by atoms with van der Waals surface area (Å²) in [5.74, 6) is -0.876. The standard InChI is InChI=1S/C13H14N4O3/c1-7(18)17-5-11(19)16-10(13(17)20)4-9-12(8-2-3-8)15-6-14-9/h4,6,8H,2-3,5H2,1H3,(H,14,15)(H,16,19)/b10-4-. The van der Waals surface area contributed by atoms with Crippen molar-refractivity contribution >= 4 is 23.8 Å². The molecule has 0 spiro atoms. The van der Waals surface area contributed by atoms with Gasteiger partial charge in [0.1, 0.15) is 12.2 Å². The molecule has 2 heterocycles. The zero-order valence-corrected chi connectivity index (χ0v) is 11.0. The number of imide groups is 1. The quantitative estimate of drug-likeness (QED) is 0.749. The minimum absolute atomic E-state index is 0.0884. The van der Waals surface area contributed by atoms with Gasteiger partial charge in [0, 0.05) is 18.5 Å². The summed E-state index contributed by atoms with van der Waals surface area (Å²) in [6.07, 6.45) is 5.29. The topological polar surface area (TPSA) is 95.2 Å². The molecule has 1 aliphatic heterocycles. The fourth-order valence-corrected chi connectivity index (χ4v) is 2.22. The highest BCUT2D eigenvalue weighted by molar-refractivity contribution is 6.12.